The molecule has 172 valence electrons. The number of carboxylic acids is 1. The minimum Gasteiger partial charge on any atom is -0.497 e. The lowest BCUT2D eigenvalue weighted by Crippen LogP contribution is -2.37. The summed E-state index contributed by atoms with van der Waals surface area (Å²) >= 11 is 0. The quantitative estimate of drug-likeness (QED) is 0.369. The Labute approximate surface area is 196 Å². The van der Waals surface area contributed by atoms with Crippen LogP contribution in [0.1, 0.15) is 35.6 Å². The van der Waals surface area contributed by atoms with E-state index in [1.165, 1.54) is 13.8 Å². The van der Waals surface area contributed by atoms with Crippen LogP contribution in [0.15, 0.2) is 72.8 Å². The first kappa shape index (κ1) is 22.8. The number of para-hydroxylation sites is 2. The summed E-state index contributed by atoms with van der Waals surface area (Å²) in [6.45, 7) is 2.99. The van der Waals surface area contributed by atoms with Gasteiger partial charge in [0, 0.05) is 11.8 Å². The fraction of sp³-hybridized carbons (Fsp3) is 0.148. The van der Waals surface area contributed by atoms with E-state index in [0.717, 1.165) is 11.1 Å². The lowest BCUT2D eigenvalue weighted by Gasteiger charge is -2.21. The van der Waals surface area contributed by atoms with Gasteiger partial charge >= 0.3 is 5.97 Å². The number of benzene rings is 3. The second kappa shape index (κ2) is 9.23. The molecule has 0 aliphatic heterocycles. The number of imidazole rings is 1. The van der Waals surface area contributed by atoms with Crippen LogP contribution in [0, 0.1) is 0 Å². The van der Waals surface area contributed by atoms with Crippen molar-refractivity contribution in [2.24, 2.45) is 0 Å². The summed E-state index contributed by atoms with van der Waals surface area (Å²) in [6.07, 6.45) is 3.59. The fourth-order valence-corrected chi connectivity index (χ4v) is 3.41. The third kappa shape index (κ3) is 4.68. The van der Waals surface area contributed by atoms with E-state index in [0.29, 0.717) is 22.6 Å². The summed E-state index contributed by atoms with van der Waals surface area (Å²) in [5.41, 5.74) is 1.40. The van der Waals surface area contributed by atoms with Gasteiger partial charge in [0.1, 0.15) is 11.5 Å². The fourth-order valence-electron chi connectivity index (χ4n) is 3.41. The van der Waals surface area contributed by atoms with E-state index < -0.39 is 11.6 Å². The van der Waals surface area contributed by atoms with E-state index in [2.05, 4.69) is 4.98 Å². The summed E-state index contributed by atoms with van der Waals surface area (Å²) < 4.78 is 12.6. The molecule has 4 aromatic rings. The van der Waals surface area contributed by atoms with Crippen LogP contribution < -0.4 is 9.47 Å². The predicted octanol–water partition coefficient (Wildman–Crippen LogP) is 5.15. The zero-order chi connectivity index (χ0) is 24.3. The summed E-state index contributed by atoms with van der Waals surface area (Å²) in [7, 11) is 1.57. The third-order valence-corrected chi connectivity index (χ3v) is 5.31. The van der Waals surface area contributed by atoms with E-state index in [1.807, 2.05) is 36.4 Å². The van der Waals surface area contributed by atoms with Crippen LogP contribution in [0.4, 0.5) is 0 Å². The molecule has 0 saturated heterocycles. The standard InChI is InChI=1S/C27H24N2O5/c1-27(2,26(31)32)34-21-8-6-7-18(17-21)15-16-29-23-10-5-4-9-22(23)28-25(29)24(30)19-11-13-20(33-3)14-12-19/h4-17H,1-3H3,(H,31,32)/b16-15+. The summed E-state index contributed by atoms with van der Waals surface area (Å²) in [4.78, 5) is 29.2. The van der Waals surface area contributed by atoms with Gasteiger partial charge in [-0.05, 0) is 74.0 Å². The normalized spacial score (nSPS) is 11.6. The number of carbonyl (C=O) groups excluding carboxylic acids is 1. The summed E-state index contributed by atoms with van der Waals surface area (Å²) in [5.74, 6) is 0.101. The van der Waals surface area contributed by atoms with Crippen molar-refractivity contribution in [3.8, 4) is 11.5 Å². The van der Waals surface area contributed by atoms with Gasteiger partial charge in [0.2, 0.25) is 5.78 Å². The average molecular weight is 456 g/mol. The highest BCUT2D eigenvalue weighted by molar-refractivity contribution is 6.09. The maximum absolute atomic E-state index is 13.3. The number of hydrogen-bond donors (Lipinski definition) is 1. The van der Waals surface area contributed by atoms with Gasteiger partial charge in [-0.2, -0.15) is 0 Å². The summed E-state index contributed by atoms with van der Waals surface area (Å²) in [5, 5.41) is 9.32. The highest BCUT2D eigenvalue weighted by atomic mass is 16.5. The van der Waals surface area contributed by atoms with Crippen molar-refractivity contribution in [2.45, 2.75) is 19.4 Å². The van der Waals surface area contributed by atoms with Crippen LogP contribution in [-0.4, -0.2) is 39.1 Å². The zero-order valence-corrected chi connectivity index (χ0v) is 19.1. The lowest BCUT2D eigenvalue weighted by atomic mass is 10.1. The van der Waals surface area contributed by atoms with Gasteiger partial charge in [0.25, 0.3) is 0 Å². The molecular weight excluding hydrogens is 432 g/mol. The molecular formula is C27H24N2O5. The van der Waals surface area contributed by atoms with Crippen LogP contribution in [-0.2, 0) is 4.79 Å². The molecule has 0 amide bonds. The molecule has 0 bridgehead atoms. The molecule has 0 aliphatic rings. The first-order chi connectivity index (χ1) is 16.3. The average Bonchev–Trinajstić information content (AvgIpc) is 3.21. The topological polar surface area (TPSA) is 90.6 Å². The molecule has 4 rings (SSSR count). The predicted molar refractivity (Wildman–Crippen MR) is 130 cm³/mol. The number of rotatable bonds is 8. The maximum atomic E-state index is 13.3. The van der Waals surface area contributed by atoms with Crippen LogP contribution in [0.3, 0.4) is 0 Å². The number of nitrogens with zero attached hydrogens (tertiary/aromatic N) is 2. The number of ketones is 1. The molecule has 1 heterocycles. The van der Waals surface area contributed by atoms with Crippen molar-refractivity contribution >= 4 is 35.1 Å². The molecule has 7 nitrogen and oxygen atoms in total. The monoisotopic (exact) mass is 456 g/mol. The van der Waals surface area contributed by atoms with Gasteiger partial charge in [0.15, 0.2) is 11.4 Å². The molecule has 0 spiro atoms. The highest BCUT2D eigenvalue weighted by Crippen LogP contribution is 2.23. The number of carbonyl (C=O) groups is 2. The second-order valence-corrected chi connectivity index (χ2v) is 8.16. The van der Waals surface area contributed by atoms with Crippen molar-refractivity contribution in [1.29, 1.82) is 0 Å². The maximum Gasteiger partial charge on any atom is 0.347 e. The van der Waals surface area contributed by atoms with Crippen molar-refractivity contribution in [3.63, 3.8) is 0 Å². The SMILES string of the molecule is COc1ccc(C(=O)c2nc3ccccc3n2/C=C/c2cccc(OC(C)(C)C(=O)O)c2)cc1. The van der Waals surface area contributed by atoms with Gasteiger partial charge in [-0.3, -0.25) is 9.36 Å². The van der Waals surface area contributed by atoms with Crippen molar-refractivity contribution in [2.75, 3.05) is 7.11 Å². The van der Waals surface area contributed by atoms with E-state index in [-0.39, 0.29) is 11.6 Å². The van der Waals surface area contributed by atoms with E-state index in [9.17, 15) is 14.7 Å². The Morgan fingerprint density at radius 2 is 1.71 bits per heavy atom. The van der Waals surface area contributed by atoms with Gasteiger partial charge in [-0.25, -0.2) is 9.78 Å². The number of hydrogen-bond acceptors (Lipinski definition) is 5. The van der Waals surface area contributed by atoms with Crippen LogP contribution in [0.25, 0.3) is 23.3 Å². The van der Waals surface area contributed by atoms with Gasteiger partial charge in [-0.1, -0.05) is 24.3 Å². The number of carboxylic acid groups (broad SMARTS) is 1. The molecule has 0 saturated carbocycles. The molecule has 0 fully saturated rings. The number of methoxy groups -OCH3 is 1. The molecule has 1 aromatic heterocycles. The van der Waals surface area contributed by atoms with Crippen LogP contribution in [0.5, 0.6) is 11.5 Å². The Balaban J connectivity index is 1.70. The Bertz CT molecular complexity index is 1380. The Morgan fingerprint density at radius 1 is 0.971 bits per heavy atom. The molecule has 3 aromatic carbocycles. The molecule has 7 heteroatoms. The first-order valence-electron chi connectivity index (χ1n) is 10.6. The highest BCUT2D eigenvalue weighted by Gasteiger charge is 2.29. The number of aliphatic carboxylic acids is 1. The first-order valence-corrected chi connectivity index (χ1v) is 10.6. The van der Waals surface area contributed by atoms with Crippen molar-refractivity contribution < 1.29 is 24.2 Å². The van der Waals surface area contributed by atoms with Crippen LogP contribution >= 0.6 is 0 Å². The third-order valence-electron chi connectivity index (χ3n) is 5.31. The van der Waals surface area contributed by atoms with Gasteiger partial charge in [-0.15, -0.1) is 0 Å². The molecule has 0 unspecified atom stereocenters. The molecule has 0 atom stereocenters. The second-order valence-electron chi connectivity index (χ2n) is 8.16. The summed E-state index contributed by atoms with van der Waals surface area (Å²) in [6, 6.07) is 21.5. The molecule has 34 heavy (non-hydrogen) atoms. The number of ether oxygens (including phenoxy) is 2. The van der Waals surface area contributed by atoms with Gasteiger partial charge in [0.05, 0.1) is 18.1 Å². The zero-order valence-electron chi connectivity index (χ0n) is 19.1. The van der Waals surface area contributed by atoms with E-state index >= 15 is 0 Å². The molecule has 0 radical (unpaired) electrons. The molecule has 0 aliphatic carbocycles. The Kier molecular flexibility index (Phi) is 6.19. The lowest BCUT2D eigenvalue weighted by molar-refractivity contribution is -0.152. The van der Waals surface area contributed by atoms with E-state index in [4.69, 9.17) is 9.47 Å². The minimum atomic E-state index is -1.36. The van der Waals surface area contributed by atoms with E-state index in [1.54, 1.807) is 60.3 Å². The Hall–Kier alpha value is -4.39. The minimum absolute atomic E-state index is 0.219. The largest absolute Gasteiger partial charge is 0.497 e. The Morgan fingerprint density at radius 3 is 2.41 bits per heavy atom. The molecule has 1 N–H and O–H groups in total. The smallest absolute Gasteiger partial charge is 0.347 e. The van der Waals surface area contributed by atoms with Crippen LogP contribution in [0.2, 0.25) is 0 Å². The number of aromatic nitrogens is 2. The van der Waals surface area contributed by atoms with Crippen molar-refractivity contribution in [1.82, 2.24) is 9.55 Å². The number of fused-ring (bicyclic) bond motifs is 1. The van der Waals surface area contributed by atoms with Gasteiger partial charge < -0.3 is 14.6 Å². The van der Waals surface area contributed by atoms with Crippen molar-refractivity contribution in [3.05, 3.63) is 89.7 Å².